The van der Waals surface area contributed by atoms with Crippen LogP contribution in [0.15, 0.2) is 29.6 Å². The van der Waals surface area contributed by atoms with Crippen molar-refractivity contribution in [3.8, 4) is 0 Å². The Hall–Kier alpha value is -0.430. The Morgan fingerprint density at radius 2 is 2.12 bits per heavy atom. The van der Waals surface area contributed by atoms with Gasteiger partial charge in [-0.25, -0.2) is 5.43 Å². The van der Waals surface area contributed by atoms with Crippen LogP contribution in [0.3, 0.4) is 0 Å². The first-order valence-corrected chi connectivity index (χ1v) is 7.35. The highest BCUT2D eigenvalue weighted by Crippen LogP contribution is 2.29. The molecule has 1 unspecified atom stereocenters. The lowest BCUT2D eigenvalue weighted by molar-refractivity contribution is 0.635. The molecule has 1 aromatic heterocycles. The number of hydrogen-bond donors (Lipinski definition) is 2. The SMILES string of the molecule is Cc1cccc(C(NN)c2csc(I)c2)c1C. The first-order valence-electron chi connectivity index (χ1n) is 5.39. The Labute approximate surface area is 119 Å². The molecule has 0 bridgehead atoms. The Kier molecular flexibility index (Phi) is 4.19. The summed E-state index contributed by atoms with van der Waals surface area (Å²) in [4.78, 5) is 0. The molecular formula is C13H15IN2S. The van der Waals surface area contributed by atoms with Crippen molar-refractivity contribution in [2.24, 2.45) is 5.84 Å². The Morgan fingerprint density at radius 3 is 2.71 bits per heavy atom. The van der Waals surface area contributed by atoms with Gasteiger partial charge in [-0.2, -0.15) is 0 Å². The number of hydrogen-bond acceptors (Lipinski definition) is 3. The molecule has 2 aromatic rings. The van der Waals surface area contributed by atoms with Gasteiger partial charge in [0.15, 0.2) is 0 Å². The van der Waals surface area contributed by atoms with Crippen LogP contribution in [0, 0.1) is 16.7 Å². The third-order valence-corrected chi connectivity index (χ3v) is 4.85. The first-order chi connectivity index (χ1) is 8.13. The molecule has 0 spiro atoms. The average molecular weight is 358 g/mol. The van der Waals surface area contributed by atoms with Crippen LogP contribution in [0.2, 0.25) is 0 Å². The van der Waals surface area contributed by atoms with E-state index in [1.165, 1.54) is 25.1 Å². The summed E-state index contributed by atoms with van der Waals surface area (Å²) in [6, 6.07) is 8.60. The van der Waals surface area contributed by atoms with Crippen molar-refractivity contribution in [3.05, 3.63) is 54.8 Å². The number of hydrazine groups is 1. The fraction of sp³-hybridized carbons (Fsp3) is 0.231. The van der Waals surface area contributed by atoms with Crippen LogP contribution < -0.4 is 11.3 Å². The molecule has 0 fully saturated rings. The van der Waals surface area contributed by atoms with Crippen molar-refractivity contribution >= 4 is 33.9 Å². The minimum Gasteiger partial charge on any atom is -0.271 e. The van der Waals surface area contributed by atoms with Crippen LogP contribution >= 0.6 is 33.9 Å². The molecule has 3 N–H and O–H groups in total. The van der Waals surface area contributed by atoms with E-state index in [4.69, 9.17) is 5.84 Å². The highest BCUT2D eigenvalue weighted by atomic mass is 127. The summed E-state index contributed by atoms with van der Waals surface area (Å²) in [7, 11) is 0. The number of nitrogens with one attached hydrogen (secondary N) is 1. The molecule has 0 saturated carbocycles. The zero-order valence-electron chi connectivity index (χ0n) is 9.83. The van der Waals surface area contributed by atoms with Gasteiger partial charge in [0.25, 0.3) is 0 Å². The Bertz CT molecular complexity index is 522. The Morgan fingerprint density at radius 1 is 1.35 bits per heavy atom. The predicted molar refractivity (Wildman–Crippen MR) is 82.1 cm³/mol. The summed E-state index contributed by atoms with van der Waals surface area (Å²) in [5.74, 6) is 5.72. The summed E-state index contributed by atoms with van der Waals surface area (Å²) in [5, 5.41) is 2.16. The topological polar surface area (TPSA) is 38.0 Å². The Balaban J connectivity index is 2.45. The molecule has 0 aliphatic heterocycles. The summed E-state index contributed by atoms with van der Waals surface area (Å²) >= 11 is 4.08. The van der Waals surface area contributed by atoms with Crippen LogP contribution in [0.5, 0.6) is 0 Å². The fourth-order valence-corrected chi connectivity index (χ4v) is 3.32. The van der Waals surface area contributed by atoms with E-state index in [1.54, 1.807) is 11.3 Å². The number of nitrogens with two attached hydrogens (primary N) is 1. The molecule has 17 heavy (non-hydrogen) atoms. The van der Waals surface area contributed by atoms with E-state index in [9.17, 15) is 0 Å². The van der Waals surface area contributed by atoms with Gasteiger partial charge in [-0.05, 0) is 70.1 Å². The van der Waals surface area contributed by atoms with Crippen molar-refractivity contribution in [2.75, 3.05) is 0 Å². The van der Waals surface area contributed by atoms with Gasteiger partial charge in [0.2, 0.25) is 0 Å². The van der Waals surface area contributed by atoms with E-state index in [-0.39, 0.29) is 6.04 Å². The number of thiophene rings is 1. The zero-order chi connectivity index (χ0) is 12.4. The van der Waals surface area contributed by atoms with Crippen LogP contribution in [0.4, 0.5) is 0 Å². The van der Waals surface area contributed by atoms with E-state index < -0.39 is 0 Å². The minimum absolute atomic E-state index is 0.0784. The molecule has 4 heteroatoms. The summed E-state index contributed by atoms with van der Waals surface area (Å²) in [6.07, 6.45) is 0. The molecule has 0 amide bonds. The second-order valence-corrected chi connectivity index (χ2v) is 6.88. The highest BCUT2D eigenvalue weighted by Gasteiger charge is 2.16. The molecule has 0 aliphatic carbocycles. The maximum absolute atomic E-state index is 5.72. The van der Waals surface area contributed by atoms with Crippen molar-refractivity contribution in [3.63, 3.8) is 0 Å². The molecule has 0 aliphatic rings. The van der Waals surface area contributed by atoms with Gasteiger partial charge in [0, 0.05) is 0 Å². The molecule has 0 radical (unpaired) electrons. The lowest BCUT2D eigenvalue weighted by Crippen LogP contribution is -2.29. The van der Waals surface area contributed by atoms with Crippen LogP contribution in [0.25, 0.3) is 0 Å². The maximum Gasteiger partial charge on any atom is 0.0721 e. The quantitative estimate of drug-likeness (QED) is 0.501. The third kappa shape index (κ3) is 2.70. The normalized spacial score (nSPS) is 12.7. The molecule has 0 saturated heterocycles. The summed E-state index contributed by atoms with van der Waals surface area (Å²) < 4.78 is 1.28. The van der Waals surface area contributed by atoms with Crippen LogP contribution in [-0.2, 0) is 0 Å². The molecule has 1 heterocycles. The fourth-order valence-electron chi connectivity index (χ4n) is 1.93. The molecular weight excluding hydrogens is 343 g/mol. The van der Waals surface area contributed by atoms with Gasteiger partial charge in [-0.15, -0.1) is 11.3 Å². The number of aryl methyl sites for hydroxylation is 1. The molecule has 2 nitrogen and oxygen atoms in total. The standard InChI is InChI=1S/C13H15IN2S/c1-8-4-3-5-11(9(8)2)13(16-15)10-6-12(14)17-7-10/h3-7,13,16H,15H2,1-2H3. The monoisotopic (exact) mass is 358 g/mol. The molecule has 90 valence electrons. The molecule has 1 atom stereocenters. The van der Waals surface area contributed by atoms with Gasteiger partial charge < -0.3 is 0 Å². The second-order valence-electron chi connectivity index (χ2n) is 4.07. The largest absolute Gasteiger partial charge is 0.271 e. The zero-order valence-corrected chi connectivity index (χ0v) is 12.8. The van der Waals surface area contributed by atoms with E-state index in [0.717, 1.165) is 0 Å². The lowest BCUT2D eigenvalue weighted by atomic mass is 9.94. The van der Waals surface area contributed by atoms with Crippen molar-refractivity contribution in [2.45, 2.75) is 19.9 Å². The third-order valence-electron chi connectivity index (χ3n) is 3.05. The lowest BCUT2D eigenvalue weighted by Gasteiger charge is -2.18. The summed E-state index contributed by atoms with van der Waals surface area (Å²) in [5.41, 5.74) is 8.00. The predicted octanol–water partition coefficient (Wildman–Crippen LogP) is 3.52. The van der Waals surface area contributed by atoms with E-state index in [1.807, 2.05) is 0 Å². The van der Waals surface area contributed by atoms with Crippen LogP contribution in [-0.4, -0.2) is 0 Å². The first kappa shape index (κ1) is 13.0. The van der Waals surface area contributed by atoms with Gasteiger partial charge in [0.1, 0.15) is 0 Å². The van der Waals surface area contributed by atoms with Crippen molar-refractivity contribution < 1.29 is 0 Å². The van der Waals surface area contributed by atoms with E-state index >= 15 is 0 Å². The molecule has 1 aromatic carbocycles. The van der Waals surface area contributed by atoms with Crippen LogP contribution in [0.1, 0.15) is 28.3 Å². The van der Waals surface area contributed by atoms with Gasteiger partial charge in [-0.1, -0.05) is 18.2 Å². The van der Waals surface area contributed by atoms with E-state index in [2.05, 4.69) is 71.5 Å². The minimum atomic E-state index is 0.0784. The second kappa shape index (κ2) is 5.48. The number of rotatable bonds is 3. The average Bonchev–Trinajstić information content (AvgIpc) is 2.72. The number of halogens is 1. The van der Waals surface area contributed by atoms with Gasteiger partial charge in [-0.3, -0.25) is 5.84 Å². The van der Waals surface area contributed by atoms with Gasteiger partial charge >= 0.3 is 0 Å². The highest BCUT2D eigenvalue weighted by molar-refractivity contribution is 14.1. The van der Waals surface area contributed by atoms with E-state index in [0.29, 0.717) is 0 Å². The van der Waals surface area contributed by atoms with Crippen molar-refractivity contribution in [1.29, 1.82) is 0 Å². The van der Waals surface area contributed by atoms with Gasteiger partial charge in [0.05, 0.1) is 8.93 Å². The molecule has 2 rings (SSSR count). The summed E-state index contributed by atoms with van der Waals surface area (Å²) in [6.45, 7) is 4.27. The number of benzene rings is 1. The van der Waals surface area contributed by atoms with Crippen molar-refractivity contribution in [1.82, 2.24) is 5.43 Å². The smallest absolute Gasteiger partial charge is 0.0721 e. The maximum atomic E-state index is 5.72.